The van der Waals surface area contributed by atoms with Gasteiger partial charge in [0, 0.05) is 12.1 Å². The van der Waals surface area contributed by atoms with Gasteiger partial charge in [0.05, 0.1) is 13.1 Å². The summed E-state index contributed by atoms with van der Waals surface area (Å²) in [6.45, 7) is 9.45. The molecule has 7 nitrogen and oxygen atoms in total. The Balaban J connectivity index is 1.91. The molecule has 1 aromatic rings. The molecule has 1 aromatic carbocycles. The van der Waals surface area contributed by atoms with E-state index < -0.39 is 0 Å². The molecule has 2 rings (SSSR count). The minimum absolute atomic E-state index is 0.0730. The van der Waals surface area contributed by atoms with Crippen molar-refractivity contribution in [2.24, 2.45) is 4.99 Å². The Labute approximate surface area is 142 Å². The van der Waals surface area contributed by atoms with Crippen LogP contribution < -0.4 is 25.4 Å². The predicted octanol–water partition coefficient (Wildman–Crippen LogP) is 1.39. The van der Waals surface area contributed by atoms with E-state index in [1.54, 1.807) is 0 Å². The quantitative estimate of drug-likeness (QED) is 0.560. The highest BCUT2D eigenvalue weighted by atomic mass is 16.7. The minimum atomic E-state index is -0.249. The summed E-state index contributed by atoms with van der Waals surface area (Å²) in [5, 5.41) is 9.07. The third-order valence-corrected chi connectivity index (χ3v) is 3.13. The van der Waals surface area contributed by atoms with Crippen LogP contribution in [0.2, 0.25) is 0 Å². The zero-order valence-corrected chi connectivity index (χ0v) is 14.7. The lowest BCUT2D eigenvalue weighted by Crippen LogP contribution is -2.48. The molecule has 1 aliphatic rings. The molecule has 0 atom stereocenters. The molecule has 1 amide bonds. The Kier molecular flexibility index (Phi) is 5.89. The number of nitrogens with one attached hydrogen (secondary N) is 3. The molecule has 0 spiro atoms. The molecule has 1 aliphatic heterocycles. The van der Waals surface area contributed by atoms with Gasteiger partial charge in [-0.15, -0.1) is 0 Å². The summed E-state index contributed by atoms with van der Waals surface area (Å²) in [7, 11) is 0. The Morgan fingerprint density at radius 2 is 1.96 bits per heavy atom. The van der Waals surface area contributed by atoms with Gasteiger partial charge in [0.25, 0.3) is 0 Å². The lowest BCUT2D eigenvalue weighted by molar-refractivity contribution is -0.121. The van der Waals surface area contributed by atoms with E-state index in [-0.39, 0.29) is 24.8 Å². The molecule has 0 aliphatic carbocycles. The number of aliphatic imine (C=N–C) groups is 1. The van der Waals surface area contributed by atoms with Gasteiger partial charge in [0.2, 0.25) is 12.7 Å². The molecule has 132 valence electrons. The lowest BCUT2D eigenvalue weighted by Gasteiger charge is -2.21. The predicted molar refractivity (Wildman–Crippen MR) is 93.3 cm³/mol. The molecule has 0 fully saturated rings. The van der Waals surface area contributed by atoms with Crippen LogP contribution in [0.15, 0.2) is 23.2 Å². The summed E-state index contributed by atoms with van der Waals surface area (Å²) in [5.74, 6) is 2.02. The van der Waals surface area contributed by atoms with Crippen molar-refractivity contribution in [2.75, 3.05) is 19.9 Å². The van der Waals surface area contributed by atoms with E-state index in [4.69, 9.17) is 9.47 Å². The maximum atomic E-state index is 11.9. The van der Waals surface area contributed by atoms with E-state index in [0.29, 0.717) is 19.0 Å². The van der Waals surface area contributed by atoms with Crippen LogP contribution in [0.4, 0.5) is 0 Å². The maximum Gasteiger partial charge on any atom is 0.239 e. The second kappa shape index (κ2) is 7.90. The number of ether oxygens (including phenoxy) is 2. The number of guanidine groups is 1. The molecule has 0 bridgehead atoms. The zero-order chi connectivity index (χ0) is 17.6. The van der Waals surface area contributed by atoms with Crippen molar-refractivity contribution in [3.05, 3.63) is 23.8 Å². The van der Waals surface area contributed by atoms with Crippen LogP contribution in [0.1, 0.15) is 33.3 Å². The van der Waals surface area contributed by atoms with Gasteiger partial charge in [-0.3, -0.25) is 4.79 Å². The third-order valence-electron chi connectivity index (χ3n) is 3.13. The number of rotatable bonds is 5. The minimum Gasteiger partial charge on any atom is -0.454 e. The van der Waals surface area contributed by atoms with Crippen LogP contribution in [-0.4, -0.2) is 37.3 Å². The molecule has 0 unspecified atom stereocenters. The molecule has 0 saturated heterocycles. The Bertz CT molecular complexity index is 608. The summed E-state index contributed by atoms with van der Waals surface area (Å²) in [5.41, 5.74) is 0.761. The SMILES string of the molecule is CCNC(=NCc1ccc2c(c1)OCO2)NCC(=O)NC(C)(C)C. The first-order valence-electron chi connectivity index (χ1n) is 8.09. The first kappa shape index (κ1) is 17.9. The van der Waals surface area contributed by atoms with Gasteiger partial charge < -0.3 is 25.4 Å². The summed E-state index contributed by atoms with van der Waals surface area (Å²) in [6, 6.07) is 5.75. The van der Waals surface area contributed by atoms with Crippen molar-refractivity contribution in [3.8, 4) is 11.5 Å². The summed E-state index contributed by atoms with van der Waals surface area (Å²) >= 11 is 0. The fourth-order valence-corrected chi connectivity index (χ4v) is 2.18. The van der Waals surface area contributed by atoms with Crippen LogP contribution in [0.5, 0.6) is 11.5 Å². The van der Waals surface area contributed by atoms with Crippen LogP contribution in [0, 0.1) is 0 Å². The van der Waals surface area contributed by atoms with E-state index in [9.17, 15) is 4.79 Å². The fourth-order valence-electron chi connectivity index (χ4n) is 2.18. The number of benzene rings is 1. The second-order valence-corrected chi connectivity index (χ2v) is 6.53. The molecular formula is C17H26N4O3. The average molecular weight is 334 g/mol. The van der Waals surface area contributed by atoms with Gasteiger partial charge in [-0.1, -0.05) is 6.07 Å². The summed E-state index contributed by atoms with van der Waals surface area (Å²) in [6.07, 6.45) is 0. The Hall–Kier alpha value is -2.44. The standard InChI is InChI=1S/C17H26N4O3/c1-5-18-16(20-10-15(22)21-17(2,3)4)19-9-12-6-7-13-14(8-12)24-11-23-13/h6-8H,5,9-11H2,1-4H3,(H,21,22)(H2,18,19,20). The smallest absolute Gasteiger partial charge is 0.239 e. The van der Waals surface area contributed by atoms with Crippen molar-refractivity contribution >= 4 is 11.9 Å². The van der Waals surface area contributed by atoms with Crippen LogP contribution in [0.25, 0.3) is 0 Å². The first-order valence-corrected chi connectivity index (χ1v) is 8.09. The van der Waals surface area contributed by atoms with Gasteiger partial charge >= 0.3 is 0 Å². The van der Waals surface area contributed by atoms with Crippen molar-refractivity contribution in [1.82, 2.24) is 16.0 Å². The molecule has 1 heterocycles. The first-order chi connectivity index (χ1) is 11.4. The van der Waals surface area contributed by atoms with Gasteiger partial charge in [0.1, 0.15) is 0 Å². The molecule has 0 saturated carbocycles. The van der Waals surface area contributed by atoms with Crippen LogP contribution in [-0.2, 0) is 11.3 Å². The van der Waals surface area contributed by atoms with Gasteiger partial charge in [0.15, 0.2) is 17.5 Å². The highest BCUT2D eigenvalue weighted by Gasteiger charge is 2.14. The zero-order valence-electron chi connectivity index (χ0n) is 14.7. The number of amides is 1. The summed E-state index contributed by atoms with van der Waals surface area (Å²) < 4.78 is 10.7. The molecule has 0 aromatic heterocycles. The van der Waals surface area contributed by atoms with Crippen molar-refractivity contribution in [2.45, 2.75) is 39.8 Å². The van der Waals surface area contributed by atoms with Crippen LogP contribution >= 0.6 is 0 Å². The Morgan fingerprint density at radius 1 is 1.21 bits per heavy atom. The highest BCUT2D eigenvalue weighted by molar-refractivity contribution is 5.86. The number of nitrogens with zero attached hydrogens (tertiary/aromatic N) is 1. The van der Waals surface area contributed by atoms with Crippen molar-refractivity contribution in [1.29, 1.82) is 0 Å². The topological polar surface area (TPSA) is 84.0 Å². The number of carbonyl (C=O) groups is 1. The fraction of sp³-hybridized carbons (Fsp3) is 0.529. The van der Waals surface area contributed by atoms with E-state index >= 15 is 0 Å². The van der Waals surface area contributed by atoms with Gasteiger partial charge in [-0.2, -0.15) is 0 Å². The van der Waals surface area contributed by atoms with Crippen molar-refractivity contribution < 1.29 is 14.3 Å². The number of carbonyl (C=O) groups excluding carboxylic acids is 1. The number of hydrogen-bond acceptors (Lipinski definition) is 4. The van der Waals surface area contributed by atoms with Crippen molar-refractivity contribution in [3.63, 3.8) is 0 Å². The van der Waals surface area contributed by atoms with E-state index in [1.165, 1.54) is 0 Å². The second-order valence-electron chi connectivity index (χ2n) is 6.53. The average Bonchev–Trinajstić information content (AvgIpc) is 2.96. The molecule has 24 heavy (non-hydrogen) atoms. The van der Waals surface area contributed by atoms with Gasteiger partial charge in [-0.05, 0) is 45.4 Å². The Morgan fingerprint density at radius 3 is 2.67 bits per heavy atom. The van der Waals surface area contributed by atoms with Crippen LogP contribution in [0.3, 0.4) is 0 Å². The molecular weight excluding hydrogens is 308 g/mol. The molecule has 7 heteroatoms. The van der Waals surface area contributed by atoms with E-state index in [2.05, 4.69) is 20.9 Å². The van der Waals surface area contributed by atoms with E-state index in [1.807, 2.05) is 45.9 Å². The number of hydrogen-bond donors (Lipinski definition) is 3. The third kappa shape index (κ3) is 5.64. The lowest BCUT2D eigenvalue weighted by atomic mass is 10.1. The highest BCUT2D eigenvalue weighted by Crippen LogP contribution is 2.32. The maximum absolute atomic E-state index is 11.9. The van der Waals surface area contributed by atoms with E-state index in [0.717, 1.165) is 17.1 Å². The monoisotopic (exact) mass is 334 g/mol. The molecule has 3 N–H and O–H groups in total. The largest absolute Gasteiger partial charge is 0.454 e. The van der Waals surface area contributed by atoms with Gasteiger partial charge in [-0.25, -0.2) is 4.99 Å². The summed E-state index contributed by atoms with van der Waals surface area (Å²) in [4.78, 5) is 16.4. The molecule has 0 radical (unpaired) electrons. The number of fused-ring (bicyclic) bond motifs is 1. The normalized spacial score (nSPS) is 13.6.